The van der Waals surface area contributed by atoms with Crippen molar-refractivity contribution < 1.29 is 14.3 Å². The van der Waals surface area contributed by atoms with E-state index < -0.39 is 11.9 Å². The lowest BCUT2D eigenvalue weighted by atomic mass is 10.2. The number of aromatic nitrogens is 1. The Kier molecular flexibility index (Phi) is 5.70. The standard InChI is InChI=1S/C16H19N3O3S/c1-3-22-13-6-4-11(5-7-13)16-19-12(9-23-16)8-14(20)18-10(2)15(17)21/h4-7,9-10H,3,8H2,1-2H3,(H2,17,21)(H,18,20)/t10-/m1/s1. The van der Waals surface area contributed by atoms with Gasteiger partial charge in [-0.3, -0.25) is 9.59 Å². The molecule has 6 nitrogen and oxygen atoms in total. The Labute approximate surface area is 138 Å². The third-order valence-electron chi connectivity index (χ3n) is 3.11. The molecular formula is C16H19N3O3S. The van der Waals surface area contributed by atoms with Gasteiger partial charge in [0.2, 0.25) is 11.8 Å². The van der Waals surface area contributed by atoms with Crippen molar-refractivity contribution in [3.8, 4) is 16.3 Å². The summed E-state index contributed by atoms with van der Waals surface area (Å²) in [5.41, 5.74) is 6.74. The van der Waals surface area contributed by atoms with Gasteiger partial charge in [-0.1, -0.05) is 0 Å². The molecule has 0 unspecified atom stereocenters. The molecule has 1 atom stereocenters. The fourth-order valence-electron chi connectivity index (χ4n) is 1.91. The van der Waals surface area contributed by atoms with Crippen molar-refractivity contribution in [2.75, 3.05) is 6.61 Å². The summed E-state index contributed by atoms with van der Waals surface area (Å²) in [5, 5.41) is 5.20. The summed E-state index contributed by atoms with van der Waals surface area (Å²) in [7, 11) is 0. The minimum Gasteiger partial charge on any atom is -0.494 e. The molecule has 0 aliphatic rings. The molecule has 0 aliphatic heterocycles. The molecular weight excluding hydrogens is 314 g/mol. The van der Waals surface area contributed by atoms with Gasteiger partial charge in [-0.2, -0.15) is 0 Å². The number of thiazole rings is 1. The van der Waals surface area contributed by atoms with Crippen LogP contribution in [0.3, 0.4) is 0 Å². The van der Waals surface area contributed by atoms with Crippen LogP contribution in [0.2, 0.25) is 0 Å². The van der Waals surface area contributed by atoms with Gasteiger partial charge < -0.3 is 15.8 Å². The highest BCUT2D eigenvalue weighted by molar-refractivity contribution is 7.13. The van der Waals surface area contributed by atoms with Crippen LogP contribution in [0.5, 0.6) is 5.75 Å². The van der Waals surface area contributed by atoms with Crippen LogP contribution in [0.15, 0.2) is 29.6 Å². The summed E-state index contributed by atoms with van der Waals surface area (Å²) < 4.78 is 5.40. The number of rotatable bonds is 7. The average molecular weight is 333 g/mol. The molecule has 0 aliphatic carbocycles. The van der Waals surface area contributed by atoms with E-state index >= 15 is 0 Å². The van der Waals surface area contributed by atoms with Crippen LogP contribution in [0.25, 0.3) is 10.6 Å². The van der Waals surface area contributed by atoms with Gasteiger partial charge in [0.25, 0.3) is 0 Å². The summed E-state index contributed by atoms with van der Waals surface area (Å²) in [4.78, 5) is 27.2. The predicted octanol–water partition coefficient (Wildman–Crippen LogP) is 1.74. The molecule has 1 heterocycles. The lowest BCUT2D eigenvalue weighted by Crippen LogP contribution is -2.42. The predicted molar refractivity (Wildman–Crippen MR) is 89.2 cm³/mol. The zero-order valence-corrected chi connectivity index (χ0v) is 13.9. The van der Waals surface area contributed by atoms with E-state index in [1.165, 1.54) is 11.3 Å². The number of hydrogen-bond acceptors (Lipinski definition) is 5. The summed E-state index contributed by atoms with van der Waals surface area (Å²) >= 11 is 1.47. The van der Waals surface area contributed by atoms with E-state index in [0.29, 0.717) is 12.3 Å². The Morgan fingerprint density at radius 2 is 2.04 bits per heavy atom. The maximum atomic E-state index is 11.8. The second-order valence-electron chi connectivity index (χ2n) is 4.97. The van der Waals surface area contributed by atoms with E-state index in [9.17, 15) is 9.59 Å². The molecule has 2 rings (SSSR count). The van der Waals surface area contributed by atoms with Gasteiger partial charge in [0.1, 0.15) is 16.8 Å². The number of amides is 2. The molecule has 0 fully saturated rings. The third kappa shape index (κ3) is 4.79. The number of carbonyl (C=O) groups is 2. The van der Waals surface area contributed by atoms with Crippen molar-refractivity contribution in [1.29, 1.82) is 0 Å². The second kappa shape index (κ2) is 7.73. The molecule has 0 spiro atoms. The normalized spacial score (nSPS) is 11.7. The van der Waals surface area contributed by atoms with Crippen molar-refractivity contribution in [3.63, 3.8) is 0 Å². The molecule has 1 aromatic heterocycles. The van der Waals surface area contributed by atoms with Crippen LogP contribution < -0.4 is 15.8 Å². The number of benzene rings is 1. The lowest BCUT2D eigenvalue weighted by Gasteiger charge is -2.08. The molecule has 3 N–H and O–H groups in total. The Hall–Kier alpha value is -2.41. The molecule has 2 aromatic rings. The first-order valence-electron chi connectivity index (χ1n) is 7.26. The minimum absolute atomic E-state index is 0.116. The van der Waals surface area contributed by atoms with E-state index in [2.05, 4.69) is 10.3 Å². The first-order valence-corrected chi connectivity index (χ1v) is 8.14. The maximum absolute atomic E-state index is 11.8. The van der Waals surface area contributed by atoms with E-state index in [0.717, 1.165) is 16.3 Å². The molecule has 0 saturated carbocycles. The topological polar surface area (TPSA) is 94.3 Å². The van der Waals surface area contributed by atoms with E-state index in [1.54, 1.807) is 6.92 Å². The van der Waals surface area contributed by atoms with E-state index in [4.69, 9.17) is 10.5 Å². The van der Waals surface area contributed by atoms with Gasteiger partial charge in [-0.15, -0.1) is 11.3 Å². The van der Waals surface area contributed by atoms with Gasteiger partial charge in [-0.05, 0) is 38.1 Å². The van der Waals surface area contributed by atoms with Crippen molar-refractivity contribution in [2.45, 2.75) is 26.3 Å². The number of nitrogens with zero attached hydrogens (tertiary/aromatic N) is 1. The zero-order valence-electron chi connectivity index (χ0n) is 13.0. The van der Waals surface area contributed by atoms with E-state index in [1.807, 2.05) is 36.6 Å². The SMILES string of the molecule is CCOc1ccc(-c2nc(CC(=O)N[C@H](C)C(N)=O)cs2)cc1. The maximum Gasteiger partial charge on any atom is 0.239 e. The van der Waals surface area contributed by atoms with E-state index in [-0.39, 0.29) is 12.3 Å². The first kappa shape index (κ1) is 17.0. The molecule has 1 aromatic carbocycles. The fourth-order valence-corrected chi connectivity index (χ4v) is 2.74. The van der Waals surface area contributed by atoms with Crippen LogP contribution in [-0.4, -0.2) is 29.4 Å². The Morgan fingerprint density at radius 3 is 2.65 bits per heavy atom. The van der Waals surface area contributed by atoms with Crippen LogP contribution >= 0.6 is 11.3 Å². The first-order chi connectivity index (χ1) is 11.0. The van der Waals surface area contributed by atoms with Crippen LogP contribution in [-0.2, 0) is 16.0 Å². The lowest BCUT2D eigenvalue weighted by molar-refractivity contribution is -0.126. The van der Waals surface area contributed by atoms with Gasteiger partial charge in [0, 0.05) is 10.9 Å². The Morgan fingerprint density at radius 1 is 1.35 bits per heavy atom. The minimum atomic E-state index is -0.688. The molecule has 0 bridgehead atoms. The highest BCUT2D eigenvalue weighted by atomic mass is 32.1. The largest absolute Gasteiger partial charge is 0.494 e. The van der Waals surface area contributed by atoms with Gasteiger partial charge >= 0.3 is 0 Å². The molecule has 7 heteroatoms. The number of primary amides is 1. The number of ether oxygens (including phenoxy) is 1. The van der Waals surface area contributed by atoms with Crippen LogP contribution in [0.4, 0.5) is 0 Å². The van der Waals surface area contributed by atoms with Crippen LogP contribution in [0.1, 0.15) is 19.5 Å². The molecule has 0 saturated heterocycles. The molecule has 122 valence electrons. The second-order valence-corrected chi connectivity index (χ2v) is 5.83. The third-order valence-corrected chi connectivity index (χ3v) is 4.05. The molecule has 2 amide bonds. The summed E-state index contributed by atoms with van der Waals surface area (Å²) in [6.07, 6.45) is 0.116. The van der Waals surface area contributed by atoms with Gasteiger partial charge in [0.15, 0.2) is 0 Å². The monoisotopic (exact) mass is 333 g/mol. The summed E-state index contributed by atoms with van der Waals surface area (Å²) in [5.74, 6) is -0.0283. The summed E-state index contributed by atoms with van der Waals surface area (Å²) in [6.45, 7) is 4.11. The number of nitrogens with two attached hydrogens (primary N) is 1. The van der Waals surface area contributed by atoms with Gasteiger partial charge in [0.05, 0.1) is 18.7 Å². The number of nitrogens with one attached hydrogen (secondary N) is 1. The highest BCUT2D eigenvalue weighted by Crippen LogP contribution is 2.25. The van der Waals surface area contributed by atoms with Gasteiger partial charge in [-0.25, -0.2) is 4.98 Å². The molecule has 0 radical (unpaired) electrons. The van der Waals surface area contributed by atoms with Crippen molar-refractivity contribution in [3.05, 3.63) is 35.3 Å². The number of hydrogen-bond donors (Lipinski definition) is 2. The molecule has 23 heavy (non-hydrogen) atoms. The Bertz CT molecular complexity index is 682. The fraction of sp³-hybridized carbons (Fsp3) is 0.312. The van der Waals surface area contributed by atoms with Crippen molar-refractivity contribution >= 4 is 23.2 Å². The van der Waals surface area contributed by atoms with Crippen LogP contribution in [0, 0.1) is 0 Å². The van der Waals surface area contributed by atoms with Crippen molar-refractivity contribution in [2.24, 2.45) is 5.73 Å². The quantitative estimate of drug-likeness (QED) is 0.807. The Balaban J connectivity index is 2.00. The smallest absolute Gasteiger partial charge is 0.239 e. The summed E-state index contributed by atoms with van der Waals surface area (Å²) in [6, 6.07) is 6.96. The average Bonchev–Trinajstić information content (AvgIpc) is 2.96. The van der Waals surface area contributed by atoms with Crippen molar-refractivity contribution in [1.82, 2.24) is 10.3 Å². The zero-order chi connectivity index (χ0) is 16.8. The highest BCUT2D eigenvalue weighted by Gasteiger charge is 2.14. The number of carbonyl (C=O) groups excluding carboxylic acids is 2.